The summed E-state index contributed by atoms with van der Waals surface area (Å²) < 4.78 is 7.18. The van der Waals surface area contributed by atoms with Crippen molar-refractivity contribution >= 4 is 0 Å². The van der Waals surface area contributed by atoms with Crippen LogP contribution in [0, 0.1) is 0 Å². The molecule has 29 heavy (non-hydrogen) atoms. The molecule has 2 aromatic heterocycles. The Hall–Kier alpha value is -1.99. The van der Waals surface area contributed by atoms with Crippen LogP contribution in [0.1, 0.15) is 56.3 Å². The van der Waals surface area contributed by atoms with E-state index in [0.717, 1.165) is 69.3 Å². The van der Waals surface area contributed by atoms with Crippen LogP contribution < -0.4 is 5.56 Å². The molecule has 2 aliphatic rings. The second-order valence-electron chi connectivity index (χ2n) is 9.39. The second kappa shape index (κ2) is 8.40. The number of aryl methyl sites for hydroxylation is 1. The van der Waals surface area contributed by atoms with Crippen molar-refractivity contribution in [1.29, 1.82) is 0 Å². The third kappa shape index (κ3) is 4.78. The Morgan fingerprint density at radius 3 is 2.48 bits per heavy atom. The largest absolute Gasteiger partial charge is 0.361 e. The van der Waals surface area contributed by atoms with E-state index >= 15 is 0 Å². The molecular formula is C22H33N5O2. The number of nitrogens with zero attached hydrogens (tertiary/aromatic N) is 5. The van der Waals surface area contributed by atoms with Gasteiger partial charge < -0.3 is 4.52 Å². The van der Waals surface area contributed by atoms with Crippen molar-refractivity contribution in [3.05, 3.63) is 45.2 Å². The van der Waals surface area contributed by atoms with Gasteiger partial charge in [-0.1, -0.05) is 25.9 Å². The molecule has 0 amide bonds. The Kier molecular flexibility index (Phi) is 5.88. The van der Waals surface area contributed by atoms with E-state index in [-0.39, 0.29) is 11.0 Å². The maximum atomic E-state index is 12.2. The van der Waals surface area contributed by atoms with Gasteiger partial charge >= 0.3 is 0 Å². The van der Waals surface area contributed by atoms with Crippen molar-refractivity contribution in [2.24, 2.45) is 0 Å². The Labute approximate surface area is 172 Å². The van der Waals surface area contributed by atoms with Crippen LogP contribution in [-0.4, -0.2) is 57.5 Å². The fourth-order valence-corrected chi connectivity index (χ4v) is 4.20. The van der Waals surface area contributed by atoms with Crippen molar-refractivity contribution in [3.63, 3.8) is 0 Å². The lowest BCUT2D eigenvalue weighted by molar-refractivity contribution is 0.120. The Bertz CT molecular complexity index is 887. The van der Waals surface area contributed by atoms with Gasteiger partial charge in [-0.2, -0.15) is 5.10 Å². The number of piperazine rings is 1. The Balaban J connectivity index is 1.28. The summed E-state index contributed by atoms with van der Waals surface area (Å²) in [5, 5.41) is 8.93. The highest BCUT2D eigenvalue weighted by molar-refractivity contribution is 5.25. The first-order valence-electron chi connectivity index (χ1n) is 10.9. The van der Waals surface area contributed by atoms with Crippen LogP contribution in [0.25, 0.3) is 0 Å². The predicted octanol–water partition coefficient (Wildman–Crippen LogP) is 2.23. The predicted molar refractivity (Wildman–Crippen MR) is 112 cm³/mol. The molecule has 0 N–H and O–H groups in total. The van der Waals surface area contributed by atoms with Crippen molar-refractivity contribution in [2.75, 3.05) is 32.7 Å². The molecule has 0 unspecified atom stereocenters. The van der Waals surface area contributed by atoms with Gasteiger partial charge in [-0.25, -0.2) is 4.68 Å². The molecular weight excluding hydrogens is 366 g/mol. The molecule has 2 aromatic rings. The van der Waals surface area contributed by atoms with Gasteiger partial charge in [0.25, 0.3) is 5.56 Å². The first kappa shape index (κ1) is 20.3. The van der Waals surface area contributed by atoms with Gasteiger partial charge in [-0.15, -0.1) is 0 Å². The van der Waals surface area contributed by atoms with Gasteiger partial charge in [0.1, 0.15) is 11.5 Å². The van der Waals surface area contributed by atoms with Crippen LogP contribution in [0.3, 0.4) is 0 Å². The van der Waals surface area contributed by atoms with Crippen LogP contribution in [0.4, 0.5) is 0 Å². The minimum Gasteiger partial charge on any atom is -0.361 e. The van der Waals surface area contributed by atoms with Gasteiger partial charge in [-0.3, -0.25) is 14.6 Å². The lowest BCUT2D eigenvalue weighted by atomic mass is 9.92. The molecule has 0 atom stereocenters. The number of hydrogen-bond acceptors (Lipinski definition) is 6. The molecule has 0 radical (unpaired) electrons. The van der Waals surface area contributed by atoms with Crippen LogP contribution in [0.15, 0.2) is 21.5 Å². The molecule has 0 saturated carbocycles. The maximum absolute atomic E-state index is 12.2. The zero-order valence-corrected chi connectivity index (χ0v) is 18.0. The summed E-state index contributed by atoms with van der Waals surface area (Å²) in [7, 11) is 0. The zero-order valence-electron chi connectivity index (χ0n) is 18.0. The normalized spacial score (nSPS) is 18.7. The van der Waals surface area contributed by atoms with E-state index in [0.29, 0.717) is 6.54 Å². The van der Waals surface area contributed by atoms with Crippen LogP contribution >= 0.6 is 0 Å². The van der Waals surface area contributed by atoms with E-state index in [1.54, 1.807) is 10.7 Å². The zero-order chi connectivity index (χ0) is 20.4. The van der Waals surface area contributed by atoms with Gasteiger partial charge in [0.15, 0.2) is 0 Å². The molecule has 1 saturated heterocycles. The highest BCUT2D eigenvalue weighted by atomic mass is 16.5. The van der Waals surface area contributed by atoms with E-state index in [4.69, 9.17) is 4.52 Å². The summed E-state index contributed by atoms with van der Waals surface area (Å²) in [4.78, 5) is 17.1. The summed E-state index contributed by atoms with van der Waals surface area (Å²) >= 11 is 0. The van der Waals surface area contributed by atoms with Gasteiger partial charge in [0.05, 0.1) is 12.2 Å². The van der Waals surface area contributed by atoms with Crippen LogP contribution in [-0.2, 0) is 31.3 Å². The summed E-state index contributed by atoms with van der Waals surface area (Å²) in [6.45, 7) is 12.8. The molecule has 7 heteroatoms. The molecule has 3 heterocycles. The summed E-state index contributed by atoms with van der Waals surface area (Å²) in [5.74, 6) is 1.11. The van der Waals surface area contributed by atoms with Crippen LogP contribution in [0.5, 0.6) is 0 Å². The van der Waals surface area contributed by atoms with E-state index < -0.39 is 0 Å². The summed E-state index contributed by atoms with van der Waals surface area (Å²) in [6.07, 6.45) is 4.62. The quantitative estimate of drug-likeness (QED) is 0.768. The molecule has 7 nitrogen and oxygen atoms in total. The lowest BCUT2D eigenvalue weighted by Crippen LogP contribution is -2.47. The fraction of sp³-hybridized carbons (Fsp3) is 0.682. The van der Waals surface area contributed by atoms with Crippen molar-refractivity contribution in [1.82, 2.24) is 24.7 Å². The molecule has 4 rings (SSSR count). The first-order valence-corrected chi connectivity index (χ1v) is 10.9. The number of fused-ring (bicyclic) bond motifs is 1. The minimum absolute atomic E-state index is 0.0209. The highest BCUT2D eigenvalue weighted by Crippen LogP contribution is 2.25. The molecule has 0 bridgehead atoms. The van der Waals surface area contributed by atoms with E-state index in [9.17, 15) is 4.79 Å². The van der Waals surface area contributed by atoms with Crippen LogP contribution in [0.2, 0.25) is 0 Å². The van der Waals surface area contributed by atoms with E-state index in [1.165, 1.54) is 18.4 Å². The molecule has 0 spiro atoms. The van der Waals surface area contributed by atoms with Gasteiger partial charge in [0, 0.05) is 62.7 Å². The van der Waals surface area contributed by atoms with E-state index in [2.05, 4.69) is 40.8 Å². The summed E-state index contributed by atoms with van der Waals surface area (Å²) in [5.41, 5.74) is 3.39. The molecule has 0 aromatic carbocycles. The lowest BCUT2D eigenvalue weighted by Gasteiger charge is -2.34. The Morgan fingerprint density at radius 2 is 1.72 bits per heavy atom. The van der Waals surface area contributed by atoms with Crippen molar-refractivity contribution in [2.45, 2.75) is 65.0 Å². The van der Waals surface area contributed by atoms with Crippen molar-refractivity contribution in [3.8, 4) is 0 Å². The minimum atomic E-state index is -0.0542. The fourth-order valence-electron chi connectivity index (χ4n) is 4.20. The van der Waals surface area contributed by atoms with Crippen molar-refractivity contribution < 1.29 is 4.52 Å². The van der Waals surface area contributed by atoms with Gasteiger partial charge in [0.2, 0.25) is 0 Å². The van der Waals surface area contributed by atoms with Gasteiger partial charge in [-0.05, 0) is 25.3 Å². The standard InChI is InChI=1S/C22H33N5O2/c1-22(2,3)20-8-9-21(28)27(23-20)15-14-25-10-12-26(13-11-25)16-18-17-6-4-5-7-19(17)29-24-18/h8-9H,4-7,10-16H2,1-3H3. The third-order valence-corrected chi connectivity index (χ3v) is 6.13. The average molecular weight is 400 g/mol. The SMILES string of the molecule is CC(C)(C)c1ccc(=O)n(CCN2CCN(Cc3noc4c3CCCC4)CC2)n1. The first-order chi connectivity index (χ1) is 13.9. The highest BCUT2D eigenvalue weighted by Gasteiger charge is 2.23. The molecule has 1 aliphatic heterocycles. The molecule has 158 valence electrons. The third-order valence-electron chi connectivity index (χ3n) is 6.13. The number of rotatable bonds is 5. The summed E-state index contributed by atoms with van der Waals surface area (Å²) in [6, 6.07) is 3.49. The number of aromatic nitrogens is 3. The monoisotopic (exact) mass is 399 g/mol. The molecule has 1 aliphatic carbocycles. The second-order valence-corrected chi connectivity index (χ2v) is 9.39. The van der Waals surface area contributed by atoms with E-state index in [1.807, 2.05) is 6.07 Å². The average Bonchev–Trinajstić information content (AvgIpc) is 3.10. The Morgan fingerprint density at radius 1 is 1.00 bits per heavy atom. The smallest absolute Gasteiger partial charge is 0.266 e. The number of hydrogen-bond donors (Lipinski definition) is 0. The maximum Gasteiger partial charge on any atom is 0.266 e. The topological polar surface area (TPSA) is 67.4 Å². The molecule has 1 fully saturated rings.